The number of likely N-dealkylation sites (N-methyl/N-ethyl adjacent to an activating group) is 1. The van der Waals surface area contributed by atoms with E-state index in [4.69, 9.17) is 0 Å². The Labute approximate surface area is 94.4 Å². The van der Waals surface area contributed by atoms with Crippen molar-refractivity contribution in [2.75, 3.05) is 20.1 Å². The second-order valence-corrected chi connectivity index (χ2v) is 3.68. The molecule has 0 spiro atoms. The first-order valence-corrected chi connectivity index (χ1v) is 5.33. The molecule has 1 heterocycles. The maximum absolute atomic E-state index is 4.51. The molecule has 0 N–H and O–H groups in total. The smallest absolute Gasteiger partial charge is 0.0457 e. The molecule has 15 heavy (non-hydrogen) atoms. The first-order valence-electron chi connectivity index (χ1n) is 5.33. The molecule has 0 saturated heterocycles. The molecule has 0 unspecified atom stereocenters. The van der Waals surface area contributed by atoms with Crippen molar-refractivity contribution in [2.45, 2.75) is 34.1 Å². The van der Waals surface area contributed by atoms with Crippen LogP contribution >= 0.6 is 0 Å². The number of aliphatic imine (C=N–C) groups is 1. The maximum Gasteiger partial charge on any atom is 0.0457 e. The minimum absolute atomic E-state index is 0. The molecule has 0 aromatic heterocycles. The third-order valence-electron chi connectivity index (χ3n) is 2.34. The van der Waals surface area contributed by atoms with Gasteiger partial charge in [0.05, 0.1) is 0 Å². The predicted molar refractivity (Wildman–Crippen MR) is 69.5 cm³/mol. The van der Waals surface area contributed by atoms with Gasteiger partial charge < -0.3 is 4.90 Å². The summed E-state index contributed by atoms with van der Waals surface area (Å²) in [7, 11) is 2.16. The van der Waals surface area contributed by atoms with Crippen LogP contribution in [0.3, 0.4) is 0 Å². The summed E-state index contributed by atoms with van der Waals surface area (Å²) in [6, 6.07) is 0. The molecule has 1 aliphatic rings. The van der Waals surface area contributed by atoms with Gasteiger partial charge in [-0.3, -0.25) is 4.99 Å². The van der Waals surface area contributed by atoms with Crippen molar-refractivity contribution in [3.05, 3.63) is 23.4 Å². The highest BCUT2D eigenvalue weighted by molar-refractivity contribution is 5.59. The molecule has 0 saturated carbocycles. The fraction of sp³-hybridized carbons (Fsp3) is 0.615. The molecule has 0 aromatic carbocycles. The standard InChI is InChI=1S/C12H20N2.CH4/c1-4-6-11-10-14(3)9-7-12(11)13-8-5-2;/h4,6,8H,5,7,9-10H2,1-3H3;1H4/b6-4-,13-8?;. The van der Waals surface area contributed by atoms with Gasteiger partial charge in [0, 0.05) is 31.4 Å². The molecule has 0 bridgehead atoms. The lowest BCUT2D eigenvalue weighted by atomic mass is 10.1. The summed E-state index contributed by atoms with van der Waals surface area (Å²) in [6.45, 7) is 6.33. The van der Waals surface area contributed by atoms with Gasteiger partial charge in [-0.15, -0.1) is 0 Å². The topological polar surface area (TPSA) is 15.6 Å². The highest BCUT2D eigenvalue weighted by Gasteiger charge is 2.12. The Kier molecular flexibility index (Phi) is 6.97. The van der Waals surface area contributed by atoms with Crippen LogP contribution in [0.15, 0.2) is 28.4 Å². The summed E-state index contributed by atoms with van der Waals surface area (Å²) < 4.78 is 0. The molecule has 1 aliphatic heterocycles. The highest BCUT2D eigenvalue weighted by Crippen LogP contribution is 2.18. The summed E-state index contributed by atoms with van der Waals surface area (Å²) in [5, 5.41) is 0. The highest BCUT2D eigenvalue weighted by atomic mass is 15.1. The van der Waals surface area contributed by atoms with E-state index in [-0.39, 0.29) is 7.43 Å². The average molecular weight is 208 g/mol. The predicted octanol–water partition coefficient (Wildman–Crippen LogP) is 3.27. The molecule has 1 rings (SSSR count). The molecule has 0 aliphatic carbocycles. The van der Waals surface area contributed by atoms with Crippen LogP contribution in [0, 0.1) is 0 Å². The van der Waals surface area contributed by atoms with Crippen molar-refractivity contribution in [1.82, 2.24) is 4.90 Å². The van der Waals surface area contributed by atoms with Crippen molar-refractivity contribution in [3.8, 4) is 0 Å². The quantitative estimate of drug-likeness (QED) is 0.650. The van der Waals surface area contributed by atoms with Crippen LogP contribution in [0.5, 0.6) is 0 Å². The van der Waals surface area contributed by atoms with Gasteiger partial charge in [0.15, 0.2) is 0 Å². The molecule has 86 valence electrons. The first kappa shape index (κ1) is 14.1. The SMILES string of the molecule is C.C/C=C\C1=C(N=CCC)CCN(C)C1. The molecule has 2 heteroatoms. The van der Waals surface area contributed by atoms with E-state index < -0.39 is 0 Å². The zero-order chi connectivity index (χ0) is 10.4. The molecule has 0 fully saturated rings. The van der Waals surface area contributed by atoms with E-state index in [1.54, 1.807) is 0 Å². The Balaban J connectivity index is 0.00000196. The number of hydrogen-bond donors (Lipinski definition) is 0. The lowest BCUT2D eigenvalue weighted by Crippen LogP contribution is -2.27. The minimum atomic E-state index is 0. The Morgan fingerprint density at radius 1 is 1.47 bits per heavy atom. The minimum Gasteiger partial charge on any atom is -0.302 e. The first-order chi connectivity index (χ1) is 6.77. The van der Waals surface area contributed by atoms with Crippen molar-refractivity contribution >= 4 is 6.21 Å². The molecular formula is C13H24N2. The van der Waals surface area contributed by atoms with Gasteiger partial charge in [0.1, 0.15) is 0 Å². The molecule has 0 amide bonds. The zero-order valence-corrected chi connectivity index (χ0v) is 9.45. The van der Waals surface area contributed by atoms with Crippen molar-refractivity contribution in [2.24, 2.45) is 4.99 Å². The Morgan fingerprint density at radius 2 is 2.20 bits per heavy atom. The normalized spacial score (nSPS) is 18.9. The van der Waals surface area contributed by atoms with E-state index in [0.29, 0.717) is 0 Å². The summed E-state index contributed by atoms with van der Waals surface area (Å²) in [5.74, 6) is 0. The number of hydrogen-bond acceptors (Lipinski definition) is 2. The Morgan fingerprint density at radius 3 is 2.80 bits per heavy atom. The van der Waals surface area contributed by atoms with Gasteiger partial charge in [-0.2, -0.15) is 0 Å². The lowest BCUT2D eigenvalue weighted by Gasteiger charge is -2.24. The second kappa shape index (κ2) is 7.41. The third-order valence-corrected chi connectivity index (χ3v) is 2.34. The van der Waals surface area contributed by atoms with Gasteiger partial charge in [0.2, 0.25) is 0 Å². The van der Waals surface area contributed by atoms with E-state index in [1.165, 1.54) is 11.3 Å². The van der Waals surface area contributed by atoms with Crippen LogP contribution in [0.25, 0.3) is 0 Å². The molecule has 0 radical (unpaired) electrons. The van der Waals surface area contributed by atoms with E-state index in [0.717, 1.165) is 25.9 Å². The van der Waals surface area contributed by atoms with Gasteiger partial charge in [-0.1, -0.05) is 26.5 Å². The summed E-state index contributed by atoms with van der Waals surface area (Å²) in [4.78, 5) is 6.85. The van der Waals surface area contributed by atoms with Crippen molar-refractivity contribution in [1.29, 1.82) is 0 Å². The Hall–Kier alpha value is -0.890. The maximum atomic E-state index is 4.51. The van der Waals surface area contributed by atoms with Crippen LogP contribution in [0.1, 0.15) is 34.1 Å². The van der Waals surface area contributed by atoms with Crippen LogP contribution < -0.4 is 0 Å². The summed E-state index contributed by atoms with van der Waals surface area (Å²) in [5.41, 5.74) is 2.63. The largest absolute Gasteiger partial charge is 0.302 e. The third kappa shape index (κ3) is 4.43. The van der Waals surface area contributed by atoms with Gasteiger partial charge in [-0.25, -0.2) is 0 Å². The fourth-order valence-electron chi connectivity index (χ4n) is 1.62. The van der Waals surface area contributed by atoms with Crippen molar-refractivity contribution < 1.29 is 0 Å². The number of rotatable bonds is 3. The number of nitrogens with zero attached hydrogens (tertiary/aromatic N) is 2. The monoisotopic (exact) mass is 208 g/mol. The van der Waals surface area contributed by atoms with E-state index >= 15 is 0 Å². The van der Waals surface area contributed by atoms with Crippen LogP contribution in [-0.4, -0.2) is 31.3 Å². The summed E-state index contributed by atoms with van der Waals surface area (Å²) >= 11 is 0. The molecule has 2 nitrogen and oxygen atoms in total. The van der Waals surface area contributed by atoms with E-state index in [9.17, 15) is 0 Å². The van der Waals surface area contributed by atoms with E-state index in [1.807, 2.05) is 6.21 Å². The van der Waals surface area contributed by atoms with Crippen molar-refractivity contribution in [3.63, 3.8) is 0 Å². The Bertz CT molecular complexity index is 262. The molecular weight excluding hydrogens is 184 g/mol. The average Bonchev–Trinajstić information content (AvgIpc) is 2.17. The van der Waals surface area contributed by atoms with Crippen LogP contribution in [0.2, 0.25) is 0 Å². The van der Waals surface area contributed by atoms with Gasteiger partial charge in [0.25, 0.3) is 0 Å². The van der Waals surface area contributed by atoms with Crippen LogP contribution in [-0.2, 0) is 0 Å². The lowest BCUT2D eigenvalue weighted by molar-refractivity contribution is 0.350. The van der Waals surface area contributed by atoms with Gasteiger partial charge >= 0.3 is 0 Å². The van der Waals surface area contributed by atoms with Gasteiger partial charge in [-0.05, 0) is 26.0 Å². The zero-order valence-electron chi connectivity index (χ0n) is 9.45. The van der Waals surface area contributed by atoms with E-state index in [2.05, 4.69) is 42.9 Å². The molecule has 0 aromatic rings. The molecule has 0 atom stereocenters. The second-order valence-electron chi connectivity index (χ2n) is 3.68. The van der Waals surface area contributed by atoms with Crippen LogP contribution in [0.4, 0.5) is 0 Å². The number of allylic oxidation sites excluding steroid dienone is 1. The fourth-order valence-corrected chi connectivity index (χ4v) is 1.62. The summed E-state index contributed by atoms with van der Waals surface area (Å²) in [6.07, 6.45) is 8.37.